The van der Waals surface area contributed by atoms with Crippen LogP contribution in [0.4, 0.5) is 0 Å². The van der Waals surface area contributed by atoms with E-state index >= 15 is 0 Å². The average Bonchev–Trinajstić information content (AvgIpc) is 1.76. The molecule has 0 saturated heterocycles. The molecule has 1 aliphatic heterocycles. The van der Waals surface area contributed by atoms with Gasteiger partial charge < -0.3 is 4.90 Å². The number of allylic oxidation sites excluding steroid dienone is 1. The van der Waals surface area contributed by atoms with Gasteiger partial charge in [0.05, 0.1) is 0 Å². The molecule has 0 radical (unpaired) electrons. The van der Waals surface area contributed by atoms with Crippen LogP contribution >= 0.6 is 37.2 Å². The Morgan fingerprint density at radius 1 is 1.12 bits per heavy atom. The molecular formula is C3H7BCl3N. The van der Waals surface area contributed by atoms with Crippen LogP contribution in [-0.4, -0.2) is 13.6 Å². The summed E-state index contributed by atoms with van der Waals surface area (Å²) in [5, 5.41) is 0. The SMILES string of the molecule is B1C=CC=N1.Cl.Cl.Cl. The van der Waals surface area contributed by atoms with Crippen molar-refractivity contribution in [3.05, 3.63) is 12.1 Å². The molecule has 0 aliphatic carbocycles. The molecule has 0 amide bonds. The largest absolute Gasteiger partial charge is 0.348 e. The van der Waals surface area contributed by atoms with Crippen molar-refractivity contribution in [3.63, 3.8) is 0 Å². The van der Waals surface area contributed by atoms with E-state index in [2.05, 4.69) is 4.90 Å². The molecule has 8 heavy (non-hydrogen) atoms. The lowest BCUT2D eigenvalue weighted by atomic mass is 10.00. The van der Waals surface area contributed by atoms with Gasteiger partial charge in [0.1, 0.15) is 0 Å². The third kappa shape index (κ3) is 6.34. The predicted octanol–water partition coefficient (Wildman–Crippen LogP) is 1.20. The standard InChI is InChI=1S/C3H4BN.3ClH/c1-2-4-5-3-1;;;/h1-4H;3*1H. The third-order valence-electron chi connectivity index (χ3n) is 0.538. The smallest absolute Gasteiger partial charge is 0.287 e. The van der Waals surface area contributed by atoms with Crippen LogP contribution < -0.4 is 0 Å². The maximum atomic E-state index is 3.85. The number of nitrogens with zero attached hydrogens (tertiary/aromatic N) is 1. The van der Waals surface area contributed by atoms with E-state index < -0.39 is 0 Å². The van der Waals surface area contributed by atoms with Crippen molar-refractivity contribution in [1.82, 2.24) is 0 Å². The highest BCUT2D eigenvalue weighted by Crippen LogP contribution is 1.75. The van der Waals surface area contributed by atoms with Gasteiger partial charge in [0.25, 0.3) is 7.41 Å². The second-order valence-corrected chi connectivity index (χ2v) is 0.942. The van der Waals surface area contributed by atoms with Crippen molar-refractivity contribution < 1.29 is 0 Å². The molecule has 0 saturated carbocycles. The third-order valence-corrected chi connectivity index (χ3v) is 0.538. The summed E-state index contributed by atoms with van der Waals surface area (Å²) in [6.07, 6.45) is 3.75. The van der Waals surface area contributed by atoms with Crippen LogP contribution in [0.25, 0.3) is 0 Å². The van der Waals surface area contributed by atoms with Crippen LogP contribution in [0.5, 0.6) is 0 Å². The van der Waals surface area contributed by atoms with E-state index in [1.807, 2.05) is 12.1 Å². The van der Waals surface area contributed by atoms with E-state index in [1.165, 1.54) is 0 Å². The summed E-state index contributed by atoms with van der Waals surface area (Å²) in [5.41, 5.74) is 0. The first-order valence-electron chi connectivity index (χ1n) is 1.65. The van der Waals surface area contributed by atoms with E-state index in [-0.39, 0.29) is 37.2 Å². The van der Waals surface area contributed by atoms with Crippen molar-refractivity contribution in [1.29, 1.82) is 0 Å². The molecule has 48 valence electrons. The molecule has 0 unspecified atom stereocenters. The lowest BCUT2D eigenvalue weighted by Gasteiger charge is -1.55. The Kier molecular flexibility index (Phi) is 20.4. The van der Waals surface area contributed by atoms with E-state index in [4.69, 9.17) is 0 Å². The molecule has 1 aliphatic rings. The second kappa shape index (κ2) is 10.4. The van der Waals surface area contributed by atoms with Crippen molar-refractivity contribution in [2.24, 2.45) is 4.90 Å². The number of hydrogen-bond acceptors (Lipinski definition) is 1. The Labute approximate surface area is 68.1 Å². The van der Waals surface area contributed by atoms with Crippen molar-refractivity contribution >= 4 is 50.9 Å². The summed E-state index contributed by atoms with van der Waals surface area (Å²) in [6, 6.07) is 0. The molecular weight excluding hydrogens is 167 g/mol. The minimum atomic E-state index is 0. The normalized spacial score (nSPS) is 10.0. The first-order chi connectivity index (χ1) is 2.50. The highest BCUT2D eigenvalue weighted by Gasteiger charge is 1.77. The van der Waals surface area contributed by atoms with Gasteiger partial charge in [-0.3, -0.25) is 0 Å². The quantitative estimate of drug-likeness (QED) is 0.489. The maximum Gasteiger partial charge on any atom is 0.287 e. The monoisotopic (exact) mass is 173 g/mol. The molecule has 0 aromatic heterocycles. The number of hydrogen-bond donors (Lipinski definition) is 0. The maximum absolute atomic E-state index is 3.85. The fourth-order valence-corrected chi connectivity index (χ4v) is 0.304. The lowest BCUT2D eigenvalue weighted by molar-refractivity contribution is 1.94. The zero-order valence-electron chi connectivity index (χ0n) is 4.11. The van der Waals surface area contributed by atoms with Crippen molar-refractivity contribution in [2.45, 2.75) is 0 Å². The summed E-state index contributed by atoms with van der Waals surface area (Å²) >= 11 is 0. The van der Waals surface area contributed by atoms with Gasteiger partial charge in [0.2, 0.25) is 0 Å². The molecule has 0 fully saturated rings. The van der Waals surface area contributed by atoms with Crippen LogP contribution in [0.3, 0.4) is 0 Å². The van der Waals surface area contributed by atoms with Crippen LogP contribution in [-0.2, 0) is 0 Å². The molecule has 1 heterocycles. The highest BCUT2D eigenvalue weighted by atomic mass is 35.5. The van der Waals surface area contributed by atoms with Gasteiger partial charge in [-0.25, -0.2) is 0 Å². The summed E-state index contributed by atoms with van der Waals surface area (Å²) in [7, 11) is 0.889. The molecule has 0 bridgehead atoms. The Hall–Kier alpha value is 0.345. The Balaban J connectivity index is -0.0000000833. The van der Waals surface area contributed by atoms with Gasteiger partial charge in [-0.05, 0) is 0 Å². The van der Waals surface area contributed by atoms with Gasteiger partial charge in [-0.1, -0.05) is 12.1 Å². The number of rotatable bonds is 0. The summed E-state index contributed by atoms with van der Waals surface area (Å²) < 4.78 is 0. The zero-order valence-corrected chi connectivity index (χ0v) is 6.56. The van der Waals surface area contributed by atoms with Gasteiger partial charge in [0, 0.05) is 6.21 Å². The van der Waals surface area contributed by atoms with Crippen LogP contribution in [0.1, 0.15) is 0 Å². The van der Waals surface area contributed by atoms with Crippen molar-refractivity contribution in [2.75, 3.05) is 0 Å². The summed E-state index contributed by atoms with van der Waals surface area (Å²) in [5.74, 6) is 2.01. The first-order valence-corrected chi connectivity index (χ1v) is 1.65. The second-order valence-electron chi connectivity index (χ2n) is 0.942. The van der Waals surface area contributed by atoms with E-state index in [1.54, 1.807) is 6.21 Å². The Morgan fingerprint density at radius 2 is 1.75 bits per heavy atom. The molecule has 0 atom stereocenters. The predicted molar refractivity (Wildman–Crippen MR) is 46.5 cm³/mol. The average molecular weight is 174 g/mol. The zero-order chi connectivity index (χ0) is 3.54. The van der Waals surface area contributed by atoms with Gasteiger partial charge in [-0.15, -0.1) is 37.2 Å². The van der Waals surface area contributed by atoms with Crippen LogP contribution in [0, 0.1) is 0 Å². The summed E-state index contributed by atoms with van der Waals surface area (Å²) in [4.78, 5) is 3.85. The Morgan fingerprint density at radius 3 is 1.88 bits per heavy atom. The van der Waals surface area contributed by atoms with Gasteiger partial charge in [-0.2, -0.15) is 0 Å². The lowest BCUT2D eigenvalue weighted by Crippen LogP contribution is -1.63. The van der Waals surface area contributed by atoms with Gasteiger partial charge in [0.15, 0.2) is 0 Å². The molecule has 1 rings (SSSR count). The van der Waals surface area contributed by atoms with E-state index in [9.17, 15) is 0 Å². The fraction of sp³-hybridized carbons (Fsp3) is 0. The summed E-state index contributed by atoms with van der Waals surface area (Å²) in [6.45, 7) is 0. The fourth-order valence-electron chi connectivity index (χ4n) is 0.304. The molecule has 1 nitrogen and oxygen atoms in total. The van der Waals surface area contributed by atoms with Crippen LogP contribution in [0.15, 0.2) is 17.0 Å². The molecule has 0 spiro atoms. The number of halogens is 3. The van der Waals surface area contributed by atoms with Crippen molar-refractivity contribution in [3.8, 4) is 0 Å². The van der Waals surface area contributed by atoms with E-state index in [0.717, 1.165) is 7.41 Å². The minimum absolute atomic E-state index is 0. The topological polar surface area (TPSA) is 12.4 Å². The molecule has 5 heteroatoms. The van der Waals surface area contributed by atoms with Crippen LogP contribution in [0.2, 0.25) is 0 Å². The van der Waals surface area contributed by atoms with Gasteiger partial charge >= 0.3 is 0 Å². The Bertz CT molecular complexity index is 72.6. The highest BCUT2D eigenvalue weighted by molar-refractivity contribution is 6.44. The first kappa shape index (κ1) is 15.8. The molecule has 0 aromatic carbocycles. The molecule has 0 aromatic rings. The van der Waals surface area contributed by atoms with E-state index in [0.29, 0.717) is 0 Å². The molecule has 0 N–H and O–H groups in total. The minimum Gasteiger partial charge on any atom is -0.348 e.